The molecule has 25 nitrogen and oxygen atoms in total. The van der Waals surface area contributed by atoms with Gasteiger partial charge in [-0.25, -0.2) is 52.6 Å². The van der Waals surface area contributed by atoms with Crippen molar-refractivity contribution in [1.82, 2.24) is 48.8 Å². The maximum Gasteiger partial charge on any atom is 0.412 e. The van der Waals surface area contributed by atoms with E-state index in [2.05, 4.69) is 60.1 Å². The number of imide groups is 1. The second-order valence-corrected chi connectivity index (χ2v) is 17.1. The molecular weight excluding hydrogens is 925 g/mol. The number of anilines is 2. The van der Waals surface area contributed by atoms with Crippen LogP contribution in [0.1, 0.15) is 18.9 Å². The lowest BCUT2D eigenvalue weighted by Gasteiger charge is -2.24. The zero-order valence-electron chi connectivity index (χ0n) is 32.4. The van der Waals surface area contributed by atoms with E-state index in [0.29, 0.717) is 0 Å². The van der Waals surface area contributed by atoms with Crippen LogP contribution in [0.2, 0.25) is 0 Å². The van der Waals surface area contributed by atoms with Crippen LogP contribution in [0, 0.1) is 0 Å². The molecule has 0 aliphatic carbocycles. The first-order valence-electron chi connectivity index (χ1n) is 18.4. The molecule has 63 heavy (non-hydrogen) atoms. The highest BCUT2D eigenvalue weighted by Gasteiger charge is 2.52. The smallest absolute Gasteiger partial charge is 0.412 e. The first-order valence-corrected chi connectivity index (χ1v) is 22.5. The largest absolute Gasteiger partial charge is 0.447 e. The van der Waals surface area contributed by atoms with Crippen LogP contribution in [-0.2, 0) is 56.0 Å². The summed E-state index contributed by atoms with van der Waals surface area (Å²) in [7, 11) is 0.512. The number of rotatable bonds is 19. The van der Waals surface area contributed by atoms with E-state index in [1.54, 1.807) is 0 Å². The Kier molecular flexibility index (Phi) is 14.6. The number of thiol groups is 2. The molecule has 4 amide bonds. The summed E-state index contributed by atoms with van der Waals surface area (Å²) in [5.41, 5.74) is 6.14. The number of nitrogen functional groups attached to an aromatic ring is 1. The number of ether oxygens (including phenoxy) is 4. The Labute approximate surface area is 365 Å². The van der Waals surface area contributed by atoms with E-state index in [1.165, 1.54) is 22.8 Å². The maximum absolute atomic E-state index is 16.2. The minimum atomic E-state index is -4.54. The summed E-state index contributed by atoms with van der Waals surface area (Å²) < 4.78 is 98.2. The predicted octanol–water partition coefficient (Wildman–Crippen LogP) is 1.98. The number of hydrogen-bond donors (Lipinski definition) is 4. The van der Waals surface area contributed by atoms with Crippen molar-refractivity contribution in [2.75, 3.05) is 56.9 Å². The third-order valence-electron chi connectivity index (χ3n) is 9.78. The van der Waals surface area contributed by atoms with Gasteiger partial charge >= 0.3 is 21.6 Å². The molecule has 9 atom stereocenters. The highest BCUT2D eigenvalue weighted by molar-refractivity contribution is 8.44. The van der Waals surface area contributed by atoms with Crippen molar-refractivity contribution >= 4 is 98.1 Å². The van der Waals surface area contributed by atoms with Gasteiger partial charge in [0.2, 0.25) is 5.91 Å². The fraction of sp³-hybridized carbons (Fsp3) is 0.500. The van der Waals surface area contributed by atoms with Crippen molar-refractivity contribution in [3.8, 4) is 0 Å². The van der Waals surface area contributed by atoms with Gasteiger partial charge in [-0.3, -0.25) is 47.3 Å². The molecular formula is C32H36F2N12O13P2S2. The lowest BCUT2D eigenvalue weighted by molar-refractivity contribution is -0.138. The first kappa shape index (κ1) is 46.2. The summed E-state index contributed by atoms with van der Waals surface area (Å²) in [6, 6.07) is 0. The second-order valence-electron chi connectivity index (χ2n) is 13.6. The molecule has 2 fully saturated rings. The number of nitrogens with one attached hydrogen (secondary N) is 1. The van der Waals surface area contributed by atoms with Crippen molar-refractivity contribution in [2.24, 2.45) is 0 Å². The van der Waals surface area contributed by atoms with Crippen molar-refractivity contribution in [1.29, 1.82) is 0 Å². The van der Waals surface area contributed by atoms with Gasteiger partial charge in [0.05, 0.1) is 38.4 Å². The quantitative estimate of drug-likeness (QED) is 0.0452. The number of fused-ring (bicyclic) bond motifs is 2. The molecule has 4 aromatic rings. The monoisotopic (exact) mass is 960 g/mol. The third kappa shape index (κ3) is 10.1. The van der Waals surface area contributed by atoms with Gasteiger partial charge in [-0.1, -0.05) is 12.2 Å². The summed E-state index contributed by atoms with van der Waals surface area (Å²) in [5, 5.41) is 2.40. The van der Waals surface area contributed by atoms with Crippen LogP contribution in [0.15, 0.2) is 37.5 Å². The molecule has 3 N–H and O–H groups in total. The van der Waals surface area contributed by atoms with Crippen LogP contribution in [0.25, 0.3) is 22.3 Å². The number of hydrogen-bond acceptors (Lipinski definition) is 21. The van der Waals surface area contributed by atoms with Gasteiger partial charge < -0.3 is 29.6 Å². The average molecular weight is 961 g/mol. The van der Waals surface area contributed by atoms with Gasteiger partial charge in [0.1, 0.15) is 49.2 Å². The summed E-state index contributed by atoms with van der Waals surface area (Å²) in [4.78, 5) is 75.2. The minimum Gasteiger partial charge on any atom is -0.447 e. The fourth-order valence-electron chi connectivity index (χ4n) is 6.69. The SMILES string of the molecule is CN(CCOC(=O)Nc1ncnc2c1ncn2[C@@H]1O[C@H](COP(=O)(S)O[C@H]2[C@@H](F)[C@H](n3cnc4c(N)ncnc43)O[C@@H]2COCS)[C@@H](OP=O)[C@H]1F)C(=O)CCN1C(=O)C=CC1=O. The summed E-state index contributed by atoms with van der Waals surface area (Å²) >= 11 is 8.04. The number of amides is 4. The first-order chi connectivity index (χ1) is 30.2. The fourth-order valence-corrected chi connectivity index (χ4v) is 8.63. The van der Waals surface area contributed by atoms with Crippen LogP contribution >= 0.6 is 40.4 Å². The molecule has 0 radical (unpaired) electrons. The molecule has 0 spiro atoms. The number of imidazole rings is 2. The lowest BCUT2D eigenvalue weighted by Crippen LogP contribution is -2.36. The van der Waals surface area contributed by atoms with Crippen LogP contribution in [0.3, 0.4) is 0 Å². The lowest BCUT2D eigenvalue weighted by atomic mass is 10.1. The molecule has 0 bridgehead atoms. The second kappa shape index (κ2) is 19.9. The van der Waals surface area contributed by atoms with E-state index in [4.69, 9.17) is 38.3 Å². The Hall–Kier alpha value is -4.83. The van der Waals surface area contributed by atoms with Crippen LogP contribution < -0.4 is 11.1 Å². The number of carbonyl (C=O) groups is 4. The minimum absolute atomic E-state index is 0.0284. The number of nitrogens with zero attached hydrogens (tertiary/aromatic N) is 10. The van der Waals surface area contributed by atoms with Crippen molar-refractivity contribution in [3.05, 3.63) is 37.5 Å². The number of carbonyl (C=O) groups excluding carboxylic acids is 4. The number of halogens is 2. The molecule has 7 heterocycles. The Morgan fingerprint density at radius 3 is 2.24 bits per heavy atom. The molecule has 31 heteroatoms. The van der Waals surface area contributed by atoms with E-state index in [-0.39, 0.29) is 72.6 Å². The molecule has 7 rings (SSSR count). The maximum atomic E-state index is 16.2. The Balaban J connectivity index is 0.960. The normalized spacial score (nSPS) is 25.7. The summed E-state index contributed by atoms with van der Waals surface area (Å²) in [6.07, 6.45) is -7.22. The Morgan fingerprint density at radius 2 is 1.57 bits per heavy atom. The van der Waals surface area contributed by atoms with Crippen molar-refractivity contribution in [2.45, 2.75) is 55.6 Å². The van der Waals surface area contributed by atoms with Gasteiger partial charge in [0.15, 0.2) is 53.2 Å². The molecule has 0 aromatic carbocycles. The topological polar surface area (TPSA) is 299 Å². The van der Waals surface area contributed by atoms with Gasteiger partial charge in [-0.2, -0.15) is 12.6 Å². The molecule has 1 unspecified atom stereocenters. The third-order valence-corrected chi connectivity index (χ3v) is 11.9. The van der Waals surface area contributed by atoms with Crippen molar-refractivity contribution < 1.29 is 69.6 Å². The van der Waals surface area contributed by atoms with Gasteiger partial charge in [0, 0.05) is 32.2 Å². The molecule has 338 valence electrons. The van der Waals surface area contributed by atoms with E-state index < -0.39 is 95.1 Å². The summed E-state index contributed by atoms with van der Waals surface area (Å²) in [6.45, 7) is -5.93. The van der Waals surface area contributed by atoms with Gasteiger partial charge in [0.25, 0.3) is 11.8 Å². The van der Waals surface area contributed by atoms with Crippen molar-refractivity contribution in [3.63, 3.8) is 0 Å². The Morgan fingerprint density at radius 1 is 0.952 bits per heavy atom. The summed E-state index contributed by atoms with van der Waals surface area (Å²) in [5.74, 6) is -1.61. The predicted molar refractivity (Wildman–Crippen MR) is 215 cm³/mol. The Bertz CT molecular complexity index is 2440. The standard InChI is InChI=1S/C32H36F2N12O13P2S2/c1-43(17(47)4-5-44-18(48)2-3-19(44)49)6-7-54-32(50)42-27-23-29(39-11-37-27)46(13-41-23)30-20(33)24(58-60-51)16(57-30)9-55-61(52,63)59-25-15(8-53-14-62)56-31(21(25)34)45-12-40-22-26(35)36-10-38-28(22)45/h2-3,10-13,15-16,20-21,24-25,30-31,62H,4-9,14H2,1H3,(H,52,63)(H2,35,36,38)(H,37,39,42,50)/t15-,16-,20-,21-,24-,25-,30-,31-,61?/m1/s1. The number of likely N-dealkylation sites (N-methyl/N-ethyl adjacent to an activating group) is 1. The zero-order chi connectivity index (χ0) is 45.0. The molecule has 3 aliphatic rings. The molecule has 4 aromatic heterocycles. The average Bonchev–Trinajstić information content (AvgIpc) is 4.08. The van der Waals surface area contributed by atoms with Crippen LogP contribution in [-0.4, -0.2) is 155 Å². The van der Waals surface area contributed by atoms with Crippen LogP contribution in [0.5, 0.6) is 0 Å². The highest BCUT2D eigenvalue weighted by Crippen LogP contribution is 2.57. The van der Waals surface area contributed by atoms with E-state index >= 15 is 8.78 Å². The van der Waals surface area contributed by atoms with E-state index in [0.717, 1.165) is 40.6 Å². The molecule has 3 aliphatic heterocycles. The van der Waals surface area contributed by atoms with E-state index in [9.17, 15) is 28.3 Å². The number of nitrogens with two attached hydrogens (primary N) is 1. The molecule has 0 saturated carbocycles. The number of aromatic nitrogens is 8. The highest BCUT2D eigenvalue weighted by atomic mass is 32.7. The zero-order valence-corrected chi connectivity index (χ0v) is 36.0. The van der Waals surface area contributed by atoms with Crippen LogP contribution in [0.4, 0.5) is 25.2 Å². The van der Waals surface area contributed by atoms with E-state index in [1.807, 2.05) is 0 Å². The molecule has 2 saturated heterocycles. The van der Waals surface area contributed by atoms with Gasteiger partial charge in [-0.05, 0) is 0 Å². The number of alkyl halides is 2. The van der Waals surface area contributed by atoms with Gasteiger partial charge in [-0.15, -0.1) is 0 Å².